The fraction of sp³-hybridized carbons (Fsp3) is 0.333. The van der Waals surface area contributed by atoms with Crippen LogP contribution >= 0.6 is 0 Å². The minimum absolute atomic E-state index is 0.610. The number of rotatable bonds is 3. The average Bonchev–Trinajstić information content (AvgIpc) is 2.56. The van der Waals surface area contributed by atoms with Gasteiger partial charge in [0.05, 0.1) is 5.56 Å². The highest BCUT2D eigenvalue weighted by Crippen LogP contribution is 2.32. The summed E-state index contributed by atoms with van der Waals surface area (Å²) in [6, 6.07) is 13.3. The highest BCUT2D eigenvalue weighted by atomic mass is 19.4. The van der Waals surface area contributed by atoms with Gasteiger partial charge in [0.15, 0.2) is 0 Å². The Labute approximate surface area is 133 Å². The van der Waals surface area contributed by atoms with Crippen LogP contribution in [-0.4, -0.2) is 31.1 Å². The fourth-order valence-electron chi connectivity index (χ4n) is 2.89. The van der Waals surface area contributed by atoms with Crippen LogP contribution in [0.5, 0.6) is 0 Å². The van der Waals surface area contributed by atoms with E-state index in [-0.39, 0.29) is 0 Å². The normalized spacial score (nSPS) is 16.5. The van der Waals surface area contributed by atoms with Crippen LogP contribution in [0, 0.1) is 0 Å². The first kappa shape index (κ1) is 16.0. The molecular formula is C18H19F3N2. The Bertz CT molecular complexity index is 644. The van der Waals surface area contributed by atoms with Gasteiger partial charge in [-0.3, -0.25) is 4.90 Å². The molecule has 3 rings (SSSR count). The van der Waals surface area contributed by atoms with E-state index in [1.165, 1.54) is 0 Å². The van der Waals surface area contributed by atoms with E-state index in [2.05, 4.69) is 16.3 Å². The van der Waals surface area contributed by atoms with E-state index >= 15 is 0 Å². The molecule has 0 bridgehead atoms. The van der Waals surface area contributed by atoms with Crippen molar-refractivity contribution in [3.63, 3.8) is 0 Å². The Morgan fingerprint density at radius 3 is 2.22 bits per heavy atom. The molecule has 2 aromatic carbocycles. The topological polar surface area (TPSA) is 15.3 Å². The molecule has 23 heavy (non-hydrogen) atoms. The predicted octanol–water partition coefficient (Wildman–Crippen LogP) is 3.78. The number of hydrogen-bond donors (Lipinski definition) is 1. The van der Waals surface area contributed by atoms with E-state index in [9.17, 15) is 13.2 Å². The van der Waals surface area contributed by atoms with Gasteiger partial charge in [-0.25, -0.2) is 0 Å². The van der Waals surface area contributed by atoms with Crippen molar-refractivity contribution in [2.45, 2.75) is 12.7 Å². The molecule has 2 aromatic rings. The van der Waals surface area contributed by atoms with Crippen molar-refractivity contribution in [2.24, 2.45) is 0 Å². The molecule has 1 fully saturated rings. The molecule has 1 aliphatic rings. The number of nitrogens with zero attached hydrogens (tertiary/aromatic N) is 1. The second kappa shape index (κ2) is 6.72. The van der Waals surface area contributed by atoms with Gasteiger partial charge >= 0.3 is 6.18 Å². The van der Waals surface area contributed by atoms with Crippen LogP contribution in [0.3, 0.4) is 0 Å². The lowest BCUT2D eigenvalue weighted by atomic mass is 9.98. The lowest BCUT2D eigenvalue weighted by Crippen LogP contribution is -2.42. The van der Waals surface area contributed by atoms with Gasteiger partial charge in [-0.1, -0.05) is 36.4 Å². The van der Waals surface area contributed by atoms with Gasteiger partial charge in [0.2, 0.25) is 0 Å². The number of halogens is 3. The number of benzene rings is 2. The summed E-state index contributed by atoms with van der Waals surface area (Å²) < 4.78 is 38.1. The zero-order valence-electron chi connectivity index (χ0n) is 12.7. The summed E-state index contributed by atoms with van der Waals surface area (Å²) in [6.45, 7) is 4.74. The van der Waals surface area contributed by atoms with E-state index in [1.807, 2.05) is 18.2 Å². The molecule has 0 atom stereocenters. The first-order valence-electron chi connectivity index (χ1n) is 7.73. The first-order chi connectivity index (χ1) is 11.0. The van der Waals surface area contributed by atoms with Gasteiger partial charge in [-0.15, -0.1) is 0 Å². The summed E-state index contributed by atoms with van der Waals surface area (Å²) in [7, 11) is 0. The summed E-state index contributed by atoms with van der Waals surface area (Å²) in [5.74, 6) is 0. The summed E-state index contributed by atoms with van der Waals surface area (Å²) in [6.07, 6.45) is -4.29. The standard InChI is InChI=1S/C18H19F3N2/c19-18(20,21)16-7-5-14(6-8-16)17-4-2-1-3-15(17)13-23-11-9-22-10-12-23/h1-8,22H,9-13H2. The number of hydrogen-bond acceptors (Lipinski definition) is 2. The van der Waals surface area contributed by atoms with E-state index in [0.29, 0.717) is 0 Å². The largest absolute Gasteiger partial charge is 0.416 e. The smallest absolute Gasteiger partial charge is 0.314 e. The summed E-state index contributed by atoms with van der Waals surface area (Å²) in [5, 5.41) is 3.32. The van der Waals surface area contributed by atoms with Crippen molar-refractivity contribution in [3.8, 4) is 11.1 Å². The van der Waals surface area contributed by atoms with Crippen molar-refractivity contribution in [2.75, 3.05) is 26.2 Å². The Balaban J connectivity index is 1.84. The van der Waals surface area contributed by atoms with Crippen molar-refractivity contribution >= 4 is 0 Å². The zero-order valence-corrected chi connectivity index (χ0v) is 12.7. The molecule has 0 aliphatic carbocycles. The predicted molar refractivity (Wildman–Crippen MR) is 85.0 cm³/mol. The molecule has 0 aromatic heterocycles. The van der Waals surface area contributed by atoms with Gasteiger partial charge in [0, 0.05) is 32.7 Å². The van der Waals surface area contributed by atoms with E-state index in [1.54, 1.807) is 12.1 Å². The van der Waals surface area contributed by atoms with Gasteiger partial charge < -0.3 is 5.32 Å². The maximum atomic E-state index is 12.7. The fourth-order valence-corrected chi connectivity index (χ4v) is 2.89. The summed E-state index contributed by atoms with van der Waals surface area (Å²) >= 11 is 0. The van der Waals surface area contributed by atoms with Crippen molar-refractivity contribution in [3.05, 3.63) is 59.7 Å². The lowest BCUT2D eigenvalue weighted by molar-refractivity contribution is -0.137. The van der Waals surface area contributed by atoms with Gasteiger partial charge in [-0.2, -0.15) is 13.2 Å². The van der Waals surface area contributed by atoms with Crippen LogP contribution in [0.1, 0.15) is 11.1 Å². The molecule has 0 radical (unpaired) electrons. The second-order valence-corrected chi connectivity index (χ2v) is 5.76. The molecule has 0 unspecified atom stereocenters. The van der Waals surface area contributed by atoms with Crippen LogP contribution in [0.2, 0.25) is 0 Å². The molecule has 5 heteroatoms. The van der Waals surface area contributed by atoms with E-state index < -0.39 is 11.7 Å². The molecule has 0 spiro atoms. The number of alkyl halides is 3. The third kappa shape index (κ3) is 3.92. The maximum absolute atomic E-state index is 12.7. The summed E-state index contributed by atoms with van der Waals surface area (Å²) in [4.78, 5) is 2.36. The Morgan fingerprint density at radius 1 is 0.913 bits per heavy atom. The van der Waals surface area contributed by atoms with Crippen molar-refractivity contribution < 1.29 is 13.2 Å². The van der Waals surface area contributed by atoms with Crippen LogP contribution in [0.25, 0.3) is 11.1 Å². The third-order valence-electron chi connectivity index (χ3n) is 4.14. The van der Waals surface area contributed by atoms with Crippen LogP contribution in [-0.2, 0) is 12.7 Å². The number of piperazine rings is 1. The van der Waals surface area contributed by atoms with Crippen molar-refractivity contribution in [1.29, 1.82) is 0 Å². The Kier molecular flexibility index (Phi) is 4.68. The second-order valence-electron chi connectivity index (χ2n) is 5.76. The van der Waals surface area contributed by atoms with E-state index in [0.717, 1.165) is 61.5 Å². The molecule has 1 N–H and O–H groups in total. The van der Waals surface area contributed by atoms with Gasteiger partial charge in [-0.05, 0) is 28.8 Å². The Morgan fingerprint density at radius 2 is 1.57 bits per heavy atom. The highest BCUT2D eigenvalue weighted by Gasteiger charge is 2.30. The van der Waals surface area contributed by atoms with Gasteiger partial charge in [0.1, 0.15) is 0 Å². The quantitative estimate of drug-likeness (QED) is 0.926. The highest BCUT2D eigenvalue weighted by molar-refractivity contribution is 5.67. The molecule has 2 nitrogen and oxygen atoms in total. The first-order valence-corrected chi connectivity index (χ1v) is 7.73. The van der Waals surface area contributed by atoms with Gasteiger partial charge in [0.25, 0.3) is 0 Å². The molecule has 0 saturated carbocycles. The number of nitrogens with one attached hydrogen (secondary N) is 1. The molecule has 0 amide bonds. The molecule has 1 aliphatic heterocycles. The zero-order chi connectivity index (χ0) is 16.3. The van der Waals surface area contributed by atoms with Crippen LogP contribution < -0.4 is 5.32 Å². The molecular weight excluding hydrogens is 301 g/mol. The van der Waals surface area contributed by atoms with Crippen LogP contribution in [0.4, 0.5) is 13.2 Å². The molecule has 122 valence electrons. The summed E-state index contributed by atoms with van der Waals surface area (Å²) in [5.41, 5.74) is 2.36. The minimum atomic E-state index is -4.29. The van der Waals surface area contributed by atoms with E-state index in [4.69, 9.17) is 0 Å². The van der Waals surface area contributed by atoms with Crippen molar-refractivity contribution in [1.82, 2.24) is 10.2 Å². The molecule has 1 saturated heterocycles. The lowest BCUT2D eigenvalue weighted by Gasteiger charge is -2.28. The average molecular weight is 320 g/mol. The molecule has 1 heterocycles. The monoisotopic (exact) mass is 320 g/mol. The Hall–Kier alpha value is -1.85. The third-order valence-corrected chi connectivity index (χ3v) is 4.14. The maximum Gasteiger partial charge on any atom is 0.416 e. The SMILES string of the molecule is FC(F)(F)c1ccc(-c2ccccc2CN2CCNCC2)cc1. The van der Waals surface area contributed by atoms with Crippen LogP contribution in [0.15, 0.2) is 48.5 Å². The minimum Gasteiger partial charge on any atom is -0.314 e.